The lowest BCUT2D eigenvalue weighted by molar-refractivity contribution is -0.140. The molecule has 2 nitrogen and oxygen atoms in total. The molecule has 8 heavy (non-hydrogen) atoms. The molecule has 44 valence electrons. The number of nitrogens with zero attached hydrogens (tertiary/aromatic N) is 1. The summed E-state index contributed by atoms with van der Waals surface area (Å²) < 4.78 is 0. The van der Waals surface area contributed by atoms with Crippen LogP contribution < -0.4 is 0 Å². The quantitative estimate of drug-likeness (QED) is 0.438. The molecule has 0 saturated carbocycles. The molecule has 0 aromatic heterocycles. The summed E-state index contributed by atoms with van der Waals surface area (Å²) in [6.45, 7) is 0.994. The molecule has 3 heteroatoms. The summed E-state index contributed by atoms with van der Waals surface area (Å²) in [6, 6.07) is 0. The van der Waals surface area contributed by atoms with Crippen LogP contribution in [0.15, 0.2) is 0 Å². The average molecular weight is 129 g/mol. The predicted molar refractivity (Wildman–Crippen MR) is 32.6 cm³/mol. The van der Waals surface area contributed by atoms with Crippen LogP contribution in [0.1, 0.15) is 6.42 Å². The second-order valence-electron chi connectivity index (χ2n) is 2.12. The fourth-order valence-electron chi connectivity index (χ4n) is 1.13. The number of amides is 1. The van der Waals surface area contributed by atoms with Gasteiger partial charge in [-0.1, -0.05) is 0 Å². The molecule has 0 unspecified atom stereocenters. The van der Waals surface area contributed by atoms with Gasteiger partial charge in [-0.2, -0.15) is 0 Å². The van der Waals surface area contributed by atoms with Crippen molar-refractivity contribution in [2.24, 2.45) is 0 Å². The van der Waals surface area contributed by atoms with Crippen LogP contribution in [0.2, 0.25) is 0 Å². The first-order valence-corrected chi connectivity index (χ1v) is 3.84. The van der Waals surface area contributed by atoms with Gasteiger partial charge in [0, 0.05) is 12.3 Å². The monoisotopic (exact) mass is 129 g/mol. The Bertz CT molecular complexity index is 136. The number of thioether (sulfide) groups is 1. The largest absolute Gasteiger partial charge is 0.329 e. The Morgan fingerprint density at radius 2 is 2.62 bits per heavy atom. The number of rotatable bonds is 0. The van der Waals surface area contributed by atoms with Gasteiger partial charge in [-0.15, -0.1) is 11.8 Å². The number of β-lactam (4-membered cyclic amide) rings is 1. The third-order valence-electron chi connectivity index (χ3n) is 1.66. The zero-order valence-corrected chi connectivity index (χ0v) is 5.28. The summed E-state index contributed by atoms with van der Waals surface area (Å²) in [5, 5.41) is 0.572. The number of carbonyl (C=O) groups excluding carboxylic acids is 1. The Balaban J connectivity index is 2.11. The molecular formula is C5H7NOS. The van der Waals surface area contributed by atoms with Gasteiger partial charge in [-0.3, -0.25) is 4.79 Å². The van der Waals surface area contributed by atoms with E-state index >= 15 is 0 Å². The highest BCUT2D eigenvalue weighted by Gasteiger charge is 2.39. The van der Waals surface area contributed by atoms with Gasteiger partial charge in [0.25, 0.3) is 0 Å². The van der Waals surface area contributed by atoms with E-state index in [1.54, 1.807) is 0 Å². The average Bonchev–Trinajstić information content (AvgIpc) is 2.09. The lowest BCUT2D eigenvalue weighted by atomic mass is 10.2. The van der Waals surface area contributed by atoms with Gasteiger partial charge >= 0.3 is 0 Å². The maximum absolute atomic E-state index is 10.6. The van der Waals surface area contributed by atoms with E-state index in [9.17, 15) is 4.79 Å². The third kappa shape index (κ3) is 0.426. The number of carbonyl (C=O) groups is 1. The summed E-state index contributed by atoms with van der Waals surface area (Å²) in [6.07, 6.45) is 0.796. The van der Waals surface area contributed by atoms with E-state index in [-0.39, 0.29) is 0 Å². The Labute approximate surface area is 52.2 Å². The SMILES string of the molecule is O=C1C[C@@H]2SCCN12. The summed E-state index contributed by atoms with van der Waals surface area (Å²) >= 11 is 1.90. The van der Waals surface area contributed by atoms with E-state index in [1.165, 1.54) is 0 Å². The molecular weight excluding hydrogens is 122 g/mol. The lowest BCUT2D eigenvalue weighted by Crippen LogP contribution is -2.46. The summed E-state index contributed by atoms with van der Waals surface area (Å²) in [4.78, 5) is 12.6. The zero-order valence-electron chi connectivity index (χ0n) is 4.46. The van der Waals surface area contributed by atoms with Crippen molar-refractivity contribution in [1.29, 1.82) is 0 Å². The molecule has 0 radical (unpaired) electrons. The van der Waals surface area contributed by atoms with Crippen molar-refractivity contribution in [2.45, 2.75) is 11.8 Å². The van der Waals surface area contributed by atoms with Crippen LogP contribution in [-0.2, 0) is 4.79 Å². The van der Waals surface area contributed by atoms with E-state index in [0.717, 1.165) is 18.7 Å². The number of hydrogen-bond acceptors (Lipinski definition) is 2. The van der Waals surface area contributed by atoms with Crippen LogP contribution in [0, 0.1) is 0 Å². The highest BCUT2D eigenvalue weighted by molar-refractivity contribution is 8.00. The van der Waals surface area contributed by atoms with Crippen molar-refractivity contribution in [1.82, 2.24) is 4.90 Å². The van der Waals surface area contributed by atoms with Gasteiger partial charge < -0.3 is 4.90 Å². The maximum atomic E-state index is 10.6. The number of fused-ring (bicyclic) bond motifs is 1. The highest BCUT2D eigenvalue weighted by atomic mass is 32.2. The van der Waals surface area contributed by atoms with Gasteiger partial charge in [0.15, 0.2) is 0 Å². The summed E-state index contributed by atoms with van der Waals surface area (Å²) in [5.74, 6) is 1.50. The molecule has 2 aliphatic rings. The van der Waals surface area contributed by atoms with Gasteiger partial charge in [0.05, 0.1) is 11.8 Å². The minimum absolute atomic E-state index is 0.347. The second kappa shape index (κ2) is 1.41. The van der Waals surface area contributed by atoms with Crippen molar-refractivity contribution in [3.8, 4) is 0 Å². The molecule has 0 spiro atoms. The van der Waals surface area contributed by atoms with Crippen LogP contribution in [0.25, 0.3) is 0 Å². The van der Waals surface area contributed by atoms with E-state index < -0.39 is 0 Å². The van der Waals surface area contributed by atoms with Crippen molar-refractivity contribution in [3.05, 3.63) is 0 Å². The zero-order chi connectivity index (χ0) is 5.56. The molecule has 2 heterocycles. The summed E-state index contributed by atoms with van der Waals surface area (Å²) in [7, 11) is 0. The molecule has 0 aromatic carbocycles. The van der Waals surface area contributed by atoms with Crippen molar-refractivity contribution in [2.75, 3.05) is 12.3 Å². The maximum Gasteiger partial charge on any atom is 0.226 e. The minimum Gasteiger partial charge on any atom is -0.329 e. The molecule has 0 aromatic rings. The lowest BCUT2D eigenvalue weighted by Gasteiger charge is -2.32. The van der Waals surface area contributed by atoms with E-state index in [1.807, 2.05) is 16.7 Å². The molecule has 2 fully saturated rings. The first-order chi connectivity index (χ1) is 3.88. The molecule has 0 aliphatic carbocycles. The van der Waals surface area contributed by atoms with E-state index in [0.29, 0.717) is 11.3 Å². The Hall–Kier alpha value is -0.180. The van der Waals surface area contributed by atoms with E-state index in [2.05, 4.69) is 0 Å². The minimum atomic E-state index is 0.347. The first-order valence-electron chi connectivity index (χ1n) is 2.79. The molecule has 1 amide bonds. The number of hydrogen-bond donors (Lipinski definition) is 0. The standard InChI is InChI=1S/C5H7NOS/c7-4-3-5-6(4)1-2-8-5/h5H,1-3H2/t5-/m0/s1. The third-order valence-corrected chi connectivity index (χ3v) is 2.88. The van der Waals surface area contributed by atoms with Crippen molar-refractivity contribution < 1.29 is 4.79 Å². The second-order valence-corrected chi connectivity index (χ2v) is 3.40. The highest BCUT2D eigenvalue weighted by Crippen LogP contribution is 2.34. The van der Waals surface area contributed by atoms with Gasteiger partial charge in [0.1, 0.15) is 0 Å². The van der Waals surface area contributed by atoms with Crippen LogP contribution in [0.5, 0.6) is 0 Å². The van der Waals surface area contributed by atoms with Gasteiger partial charge in [0.2, 0.25) is 5.91 Å². The van der Waals surface area contributed by atoms with Gasteiger partial charge in [-0.25, -0.2) is 0 Å². The Morgan fingerprint density at radius 1 is 1.75 bits per heavy atom. The van der Waals surface area contributed by atoms with Crippen molar-refractivity contribution in [3.63, 3.8) is 0 Å². The Morgan fingerprint density at radius 3 is 3.12 bits per heavy atom. The molecule has 0 N–H and O–H groups in total. The molecule has 2 aliphatic heterocycles. The van der Waals surface area contributed by atoms with Crippen LogP contribution in [0.3, 0.4) is 0 Å². The normalized spacial score (nSPS) is 34.8. The van der Waals surface area contributed by atoms with Crippen LogP contribution >= 0.6 is 11.8 Å². The molecule has 2 rings (SSSR count). The predicted octanol–water partition coefficient (Wildman–Crippen LogP) is 0.292. The fraction of sp³-hybridized carbons (Fsp3) is 0.800. The first kappa shape index (κ1) is 4.68. The summed E-state index contributed by atoms with van der Waals surface area (Å²) in [5.41, 5.74) is 0. The molecule has 2 saturated heterocycles. The smallest absolute Gasteiger partial charge is 0.226 e. The topological polar surface area (TPSA) is 20.3 Å². The van der Waals surface area contributed by atoms with Crippen molar-refractivity contribution >= 4 is 17.7 Å². The van der Waals surface area contributed by atoms with Crippen LogP contribution in [-0.4, -0.2) is 28.5 Å². The fourth-order valence-corrected chi connectivity index (χ4v) is 2.37. The molecule has 0 bridgehead atoms. The van der Waals surface area contributed by atoms with E-state index in [4.69, 9.17) is 0 Å². The van der Waals surface area contributed by atoms with Crippen LogP contribution in [0.4, 0.5) is 0 Å². The van der Waals surface area contributed by atoms with Gasteiger partial charge in [-0.05, 0) is 0 Å². The molecule has 1 atom stereocenters. The Kier molecular flexibility index (Phi) is 0.821.